The normalized spacial score (nSPS) is 12.5. The van der Waals surface area contributed by atoms with E-state index in [0.29, 0.717) is 4.90 Å². The Morgan fingerprint density at radius 2 is 1.71 bits per heavy atom. The molecule has 118 valence electrons. The van der Waals surface area contributed by atoms with Gasteiger partial charge in [-0.25, -0.2) is 8.42 Å². The SMILES string of the molecule is CC(C)N(CC(F)(F)F)C(=O)c1ccc(S(=O)(=O)Cl)cc1. The largest absolute Gasteiger partial charge is 0.406 e. The van der Waals surface area contributed by atoms with Crippen LogP contribution in [0.3, 0.4) is 0 Å². The molecule has 0 saturated heterocycles. The number of carbonyl (C=O) groups excluding carboxylic acids is 1. The highest BCUT2D eigenvalue weighted by Crippen LogP contribution is 2.21. The van der Waals surface area contributed by atoms with E-state index in [1.54, 1.807) is 0 Å². The summed E-state index contributed by atoms with van der Waals surface area (Å²) in [5.41, 5.74) is -0.0444. The molecule has 0 spiro atoms. The molecule has 0 N–H and O–H groups in total. The molecule has 0 aliphatic rings. The molecule has 0 saturated carbocycles. The second-order valence-electron chi connectivity index (χ2n) is 4.60. The molecule has 9 heteroatoms. The Kier molecular flexibility index (Phi) is 5.27. The van der Waals surface area contributed by atoms with Crippen molar-refractivity contribution in [3.8, 4) is 0 Å². The summed E-state index contributed by atoms with van der Waals surface area (Å²) in [6.45, 7) is 1.54. The molecule has 1 aromatic rings. The lowest BCUT2D eigenvalue weighted by Gasteiger charge is -2.27. The van der Waals surface area contributed by atoms with Crippen molar-refractivity contribution in [1.82, 2.24) is 4.90 Å². The minimum Gasteiger partial charge on any atom is -0.327 e. The van der Waals surface area contributed by atoms with E-state index in [2.05, 4.69) is 0 Å². The second-order valence-corrected chi connectivity index (χ2v) is 7.17. The van der Waals surface area contributed by atoms with E-state index in [1.165, 1.54) is 13.8 Å². The zero-order valence-corrected chi connectivity index (χ0v) is 12.8. The summed E-state index contributed by atoms with van der Waals surface area (Å²) in [7, 11) is 1.18. The van der Waals surface area contributed by atoms with Gasteiger partial charge in [-0.05, 0) is 38.1 Å². The zero-order chi connectivity index (χ0) is 16.4. The summed E-state index contributed by atoms with van der Waals surface area (Å²) >= 11 is 0. The number of alkyl halides is 3. The summed E-state index contributed by atoms with van der Waals surface area (Å²) in [4.78, 5) is 12.5. The van der Waals surface area contributed by atoms with Crippen LogP contribution >= 0.6 is 10.7 Å². The van der Waals surface area contributed by atoms with Gasteiger partial charge in [0.15, 0.2) is 0 Å². The maximum absolute atomic E-state index is 12.5. The smallest absolute Gasteiger partial charge is 0.327 e. The van der Waals surface area contributed by atoms with Crippen molar-refractivity contribution in [3.63, 3.8) is 0 Å². The molecule has 0 aliphatic carbocycles. The van der Waals surface area contributed by atoms with Crippen LogP contribution in [0.15, 0.2) is 29.2 Å². The minimum absolute atomic E-state index is 0.0444. The molecule has 21 heavy (non-hydrogen) atoms. The third-order valence-corrected chi connectivity index (χ3v) is 3.99. The predicted molar refractivity (Wildman–Crippen MR) is 71.7 cm³/mol. The molecule has 0 heterocycles. The van der Waals surface area contributed by atoms with E-state index in [9.17, 15) is 26.4 Å². The summed E-state index contributed by atoms with van der Waals surface area (Å²) in [6, 6.07) is 3.74. The molecule has 4 nitrogen and oxygen atoms in total. The molecular weight excluding hydrogens is 331 g/mol. The minimum atomic E-state index is -4.51. The number of hydrogen-bond acceptors (Lipinski definition) is 3. The maximum atomic E-state index is 12.5. The first-order valence-corrected chi connectivity index (χ1v) is 8.15. The van der Waals surface area contributed by atoms with Gasteiger partial charge in [0.05, 0.1) is 4.90 Å². The van der Waals surface area contributed by atoms with Crippen LogP contribution in [-0.4, -0.2) is 38.0 Å². The van der Waals surface area contributed by atoms with Crippen molar-refractivity contribution >= 4 is 25.6 Å². The van der Waals surface area contributed by atoms with E-state index in [4.69, 9.17) is 10.7 Å². The molecule has 0 aromatic heterocycles. The van der Waals surface area contributed by atoms with Gasteiger partial charge in [-0.3, -0.25) is 4.79 Å². The van der Waals surface area contributed by atoms with E-state index in [0.717, 1.165) is 24.3 Å². The van der Waals surface area contributed by atoms with E-state index in [1.807, 2.05) is 0 Å². The molecule has 0 atom stereocenters. The Labute approximate surface area is 124 Å². The lowest BCUT2D eigenvalue weighted by molar-refractivity contribution is -0.143. The van der Waals surface area contributed by atoms with Gasteiger partial charge in [-0.1, -0.05) is 0 Å². The monoisotopic (exact) mass is 343 g/mol. The van der Waals surface area contributed by atoms with Crippen LogP contribution in [0.25, 0.3) is 0 Å². The molecule has 0 fully saturated rings. The first-order chi connectivity index (χ1) is 9.42. The molecule has 1 rings (SSSR count). The van der Waals surface area contributed by atoms with Gasteiger partial charge < -0.3 is 4.90 Å². The highest BCUT2D eigenvalue weighted by atomic mass is 35.7. The van der Waals surface area contributed by atoms with Crippen LogP contribution < -0.4 is 0 Å². The van der Waals surface area contributed by atoms with Crippen molar-refractivity contribution in [2.24, 2.45) is 0 Å². The number of carbonyl (C=O) groups is 1. The summed E-state index contributed by atoms with van der Waals surface area (Å²) < 4.78 is 59.5. The number of amides is 1. The Balaban J connectivity index is 3.05. The quantitative estimate of drug-likeness (QED) is 0.790. The van der Waals surface area contributed by atoms with Gasteiger partial charge in [-0.2, -0.15) is 13.2 Å². The number of nitrogens with zero attached hydrogens (tertiary/aromatic N) is 1. The summed E-state index contributed by atoms with van der Waals surface area (Å²) in [6.07, 6.45) is -4.51. The predicted octanol–water partition coefficient (Wildman–Crippen LogP) is 3.03. The van der Waals surface area contributed by atoms with Crippen molar-refractivity contribution < 1.29 is 26.4 Å². The van der Waals surface area contributed by atoms with Gasteiger partial charge in [0.2, 0.25) is 0 Å². The highest BCUT2D eigenvalue weighted by molar-refractivity contribution is 8.13. The summed E-state index contributed by atoms with van der Waals surface area (Å²) in [5, 5.41) is 0. The lowest BCUT2D eigenvalue weighted by atomic mass is 10.1. The molecule has 1 aromatic carbocycles. The average Bonchev–Trinajstić information content (AvgIpc) is 2.33. The topological polar surface area (TPSA) is 54.5 Å². The fourth-order valence-corrected chi connectivity index (χ4v) is 2.38. The second kappa shape index (κ2) is 6.23. The molecule has 0 radical (unpaired) electrons. The van der Waals surface area contributed by atoms with Gasteiger partial charge >= 0.3 is 6.18 Å². The third kappa shape index (κ3) is 5.20. The van der Waals surface area contributed by atoms with Gasteiger partial charge in [0, 0.05) is 22.3 Å². The average molecular weight is 344 g/mol. The highest BCUT2D eigenvalue weighted by Gasteiger charge is 2.34. The van der Waals surface area contributed by atoms with Crippen molar-refractivity contribution in [2.75, 3.05) is 6.54 Å². The van der Waals surface area contributed by atoms with Crippen molar-refractivity contribution in [3.05, 3.63) is 29.8 Å². The van der Waals surface area contributed by atoms with Crippen LogP contribution in [0, 0.1) is 0 Å². The van der Waals surface area contributed by atoms with E-state index in [-0.39, 0.29) is 10.5 Å². The Morgan fingerprint density at radius 1 is 1.24 bits per heavy atom. The first kappa shape index (κ1) is 17.8. The molecule has 0 unspecified atom stereocenters. The van der Waals surface area contributed by atoms with E-state index >= 15 is 0 Å². The summed E-state index contributed by atoms with van der Waals surface area (Å²) in [5.74, 6) is -0.833. The fourth-order valence-electron chi connectivity index (χ4n) is 1.61. The zero-order valence-electron chi connectivity index (χ0n) is 11.2. The first-order valence-electron chi connectivity index (χ1n) is 5.84. The van der Waals surface area contributed by atoms with E-state index < -0.39 is 33.7 Å². The number of hydrogen-bond donors (Lipinski definition) is 0. The van der Waals surface area contributed by atoms with Crippen LogP contribution in [0.4, 0.5) is 13.2 Å². The number of rotatable bonds is 4. The molecule has 0 aliphatic heterocycles. The third-order valence-electron chi connectivity index (χ3n) is 2.62. The molecule has 0 bridgehead atoms. The molecular formula is C12H13ClF3NO3S. The Morgan fingerprint density at radius 3 is 2.05 bits per heavy atom. The van der Waals surface area contributed by atoms with Gasteiger partial charge in [0.25, 0.3) is 15.0 Å². The van der Waals surface area contributed by atoms with Gasteiger partial charge in [0.1, 0.15) is 6.54 Å². The molecule has 1 amide bonds. The van der Waals surface area contributed by atoms with Crippen LogP contribution in [0.1, 0.15) is 24.2 Å². The standard InChI is InChI=1S/C12H13ClF3NO3S/c1-8(2)17(7-12(14,15)16)11(18)9-3-5-10(6-4-9)21(13,19)20/h3-6,8H,7H2,1-2H3. The van der Waals surface area contributed by atoms with Crippen LogP contribution in [0.5, 0.6) is 0 Å². The van der Waals surface area contributed by atoms with Crippen LogP contribution in [-0.2, 0) is 9.05 Å². The number of halogens is 4. The Hall–Kier alpha value is -1.28. The fraction of sp³-hybridized carbons (Fsp3) is 0.417. The van der Waals surface area contributed by atoms with Crippen molar-refractivity contribution in [1.29, 1.82) is 0 Å². The number of benzene rings is 1. The van der Waals surface area contributed by atoms with Gasteiger partial charge in [-0.15, -0.1) is 0 Å². The van der Waals surface area contributed by atoms with Crippen LogP contribution in [0.2, 0.25) is 0 Å². The Bertz CT molecular complexity index is 612. The lowest BCUT2D eigenvalue weighted by Crippen LogP contribution is -2.43. The van der Waals surface area contributed by atoms with Crippen molar-refractivity contribution in [2.45, 2.75) is 31.0 Å². The maximum Gasteiger partial charge on any atom is 0.406 e.